The number of nitrogens with one attached hydrogen (secondary N) is 2. The monoisotopic (exact) mass is 402 g/mol. The van der Waals surface area contributed by atoms with Crippen LogP contribution in [0.15, 0.2) is 29.2 Å². The molecule has 0 bridgehead atoms. The SMILES string of the molecule is Cn1c(=O)ccc2nccc(NCC3CCC(NC(=O)OC(C)(C)C)CC3O)c21. The van der Waals surface area contributed by atoms with Crippen molar-refractivity contribution in [2.75, 3.05) is 11.9 Å². The van der Waals surface area contributed by atoms with E-state index >= 15 is 0 Å². The van der Waals surface area contributed by atoms with Crippen molar-refractivity contribution in [2.24, 2.45) is 13.0 Å². The second kappa shape index (κ2) is 8.41. The second-order valence-electron chi connectivity index (χ2n) is 8.69. The van der Waals surface area contributed by atoms with Gasteiger partial charge in [0.1, 0.15) is 5.60 Å². The van der Waals surface area contributed by atoms with Crippen LogP contribution in [0.2, 0.25) is 0 Å². The van der Waals surface area contributed by atoms with E-state index in [0.29, 0.717) is 13.0 Å². The van der Waals surface area contributed by atoms with Crippen LogP contribution in [-0.2, 0) is 11.8 Å². The van der Waals surface area contributed by atoms with Gasteiger partial charge in [-0.25, -0.2) is 4.79 Å². The summed E-state index contributed by atoms with van der Waals surface area (Å²) in [6, 6.07) is 4.95. The van der Waals surface area contributed by atoms with E-state index in [4.69, 9.17) is 4.74 Å². The van der Waals surface area contributed by atoms with E-state index in [1.807, 2.05) is 26.8 Å². The van der Waals surface area contributed by atoms with Gasteiger partial charge >= 0.3 is 6.09 Å². The number of carbonyl (C=O) groups excluding carboxylic acids is 1. The van der Waals surface area contributed by atoms with E-state index in [9.17, 15) is 14.7 Å². The molecule has 0 aromatic carbocycles. The lowest BCUT2D eigenvalue weighted by molar-refractivity contribution is 0.0362. The van der Waals surface area contributed by atoms with Crippen molar-refractivity contribution in [2.45, 2.75) is 57.8 Å². The van der Waals surface area contributed by atoms with E-state index < -0.39 is 17.8 Å². The fraction of sp³-hybridized carbons (Fsp3) is 0.571. The molecule has 3 rings (SSSR count). The number of pyridine rings is 2. The molecule has 2 heterocycles. The summed E-state index contributed by atoms with van der Waals surface area (Å²) >= 11 is 0. The highest BCUT2D eigenvalue weighted by Crippen LogP contribution is 2.27. The lowest BCUT2D eigenvalue weighted by atomic mass is 9.83. The van der Waals surface area contributed by atoms with Crippen molar-refractivity contribution in [1.29, 1.82) is 0 Å². The molecule has 1 aliphatic carbocycles. The summed E-state index contributed by atoms with van der Waals surface area (Å²) in [5.41, 5.74) is 1.66. The van der Waals surface area contributed by atoms with Gasteiger partial charge in [0, 0.05) is 37.8 Å². The minimum atomic E-state index is -0.544. The first kappa shape index (κ1) is 21.1. The van der Waals surface area contributed by atoms with Crippen molar-refractivity contribution >= 4 is 22.8 Å². The maximum Gasteiger partial charge on any atom is 0.407 e. The summed E-state index contributed by atoms with van der Waals surface area (Å²) in [4.78, 5) is 28.2. The van der Waals surface area contributed by atoms with Gasteiger partial charge in [0.15, 0.2) is 0 Å². The minimum absolute atomic E-state index is 0.0515. The van der Waals surface area contributed by atoms with Crippen molar-refractivity contribution in [1.82, 2.24) is 14.9 Å². The molecule has 3 unspecified atom stereocenters. The number of nitrogens with zero attached hydrogens (tertiary/aromatic N) is 2. The van der Waals surface area contributed by atoms with Gasteiger partial charge in [-0.15, -0.1) is 0 Å². The molecule has 8 nitrogen and oxygen atoms in total. The van der Waals surface area contributed by atoms with Crippen molar-refractivity contribution in [3.05, 3.63) is 34.7 Å². The highest BCUT2D eigenvalue weighted by atomic mass is 16.6. The molecule has 1 fully saturated rings. The highest BCUT2D eigenvalue weighted by molar-refractivity contribution is 5.87. The highest BCUT2D eigenvalue weighted by Gasteiger charge is 2.31. The predicted octanol–water partition coefficient (Wildman–Crippen LogP) is 2.40. The molecule has 3 atom stereocenters. The molecule has 158 valence electrons. The molecular formula is C21H30N4O4. The van der Waals surface area contributed by atoms with Crippen LogP contribution < -0.4 is 16.2 Å². The molecule has 8 heteroatoms. The fourth-order valence-electron chi connectivity index (χ4n) is 3.75. The van der Waals surface area contributed by atoms with Gasteiger partial charge in [-0.2, -0.15) is 0 Å². The number of anilines is 1. The molecule has 1 amide bonds. The van der Waals surface area contributed by atoms with Gasteiger partial charge in [0.05, 0.1) is 22.8 Å². The smallest absolute Gasteiger partial charge is 0.407 e. The Balaban J connectivity index is 1.59. The number of hydrogen-bond donors (Lipinski definition) is 3. The molecule has 0 spiro atoms. The van der Waals surface area contributed by atoms with Gasteiger partial charge in [0.2, 0.25) is 0 Å². The number of ether oxygens (including phenoxy) is 1. The molecular weight excluding hydrogens is 372 g/mol. The number of aliphatic hydroxyl groups is 1. The third-order valence-electron chi connectivity index (χ3n) is 5.23. The third-order valence-corrected chi connectivity index (χ3v) is 5.23. The van der Waals surface area contributed by atoms with E-state index in [1.165, 1.54) is 6.07 Å². The summed E-state index contributed by atoms with van der Waals surface area (Å²) in [5.74, 6) is 0.0515. The van der Waals surface area contributed by atoms with Crippen LogP contribution in [0.25, 0.3) is 11.0 Å². The zero-order valence-electron chi connectivity index (χ0n) is 17.4. The number of aryl methyl sites for hydroxylation is 1. The van der Waals surface area contributed by atoms with E-state index in [-0.39, 0.29) is 17.5 Å². The van der Waals surface area contributed by atoms with Crippen molar-refractivity contribution in [3.8, 4) is 0 Å². The molecule has 29 heavy (non-hydrogen) atoms. The Hall–Kier alpha value is -2.61. The first-order valence-corrected chi connectivity index (χ1v) is 10.0. The maximum absolute atomic E-state index is 12.0. The van der Waals surface area contributed by atoms with E-state index in [2.05, 4.69) is 15.6 Å². The molecule has 0 aliphatic heterocycles. The predicted molar refractivity (Wildman–Crippen MR) is 112 cm³/mol. The number of aliphatic hydroxyl groups excluding tert-OH is 1. The van der Waals surface area contributed by atoms with E-state index in [1.54, 1.807) is 23.9 Å². The van der Waals surface area contributed by atoms with Crippen molar-refractivity contribution in [3.63, 3.8) is 0 Å². The molecule has 1 aliphatic rings. The van der Waals surface area contributed by atoms with Gasteiger partial charge in [-0.1, -0.05) is 0 Å². The Bertz CT molecular complexity index is 934. The Kier molecular flexibility index (Phi) is 6.12. The second-order valence-corrected chi connectivity index (χ2v) is 8.69. The summed E-state index contributed by atoms with van der Waals surface area (Å²) < 4.78 is 6.86. The van der Waals surface area contributed by atoms with Crippen LogP contribution >= 0.6 is 0 Å². The molecule has 1 saturated carbocycles. The molecule has 0 saturated heterocycles. The fourth-order valence-corrected chi connectivity index (χ4v) is 3.75. The average Bonchev–Trinajstić information content (AvgIpc) is 2.62. The topological polar surface area (TPSA) is 105 Å². The van der Waals surface area contributed by atoms with Crippen LogP contribution in [0, 0.1) is 5.92 Å². The van der Waals surface area contributed by atoms with Crippen molar-refractivity contribution < 1.29 is 14.6 Å². The van der Waals surface area contributed by atoms with Crippen LogP contribution in [0.5, 0.6) is 0 Å². The van der Waals surface area contributed by atoms with Gasteiger partial charge in [-0.3, -0.25) is 9.78 Å². The van der Waals surface area contributed by atoms with Crippen LogP contribution in [0.1, 0.15) is 40.0 Å². The normalized spacial score (nSPS) is 22.3. The maximum atomic E-state index is 12.0. The number of fused-ring (bicyclic) bond motifs is 1. The Labute approximate surface area is 170 Å². The lowest BCUT2D eigenvalue weighted by Gasteiger charge is -2.34. The quantitative estimate of drug-likeness (QED) is 0.725. The zero-order valence-corrected chi connectivity index (χ0v) is 17.4. The average molecular weight is 402 g/mol. The Morgan fingerprint density at radius 3 is 2.76 bits per heavy atom. The Morgan fingerprint density at radius 1 is 1.31 bits per heavy atom. The lowest BCUT2D eigenvalue weighted by Crippen LogP contribution is -2.45. The molecule has 2 aromatic rings. The van der Waals surface area contributed by atoms with Gasteiger partial charge in [0.25, 0.3) is 5.56 Å². The zero-order chi connectivity index (χ0) is 21.2. The first-order valence-electron chi connectivity index (χ1n) is 10.0. The molecule has 3 N–H and O–H groups in total. The number of alkyl carbamates (subject to hydrolysis) is 1. The number of aromatic nitrogens is 2. The van der Waals surface area contributed by atoms with Crippen LogP contribution in [0.3, 0.4) is 0 Å². The van der Waals surface area contributed by atoms with E-state index in [0.717, 1.165) is 29.6 Å². The third kappa shape index (κ3) is 5.26. The summed E-state index contributed by atoms with van der Waals surface area (Å²) in [6.45, 7) is 6.04. The molecule has 2 aromatic heterocycles. The number of rotatable bonds is 4. The molecule has 0 radical (unpaired) electrons. The number of carbonyl (C=O) groups is 1. The summed E-state index contributed by atoms with van der Waals surface area (Å²) in [7, 11) is 1.72. The van der Waals surface area contributed by atoms with Gasteiger partial charge in [-0.05, 0) is 52.2 Å². The van der Waals surface area contributed by atoms with Crippen LogP contribution in [-0.4, -0.2) is 45.0 Å². The van der Waals surface area contributed by atoms with Gasteiger partial charge < -0.3 is 25.0 Å². The Morgan fingerprint density at radius 2 is 2.07 bits per heavy atom. The minimum Gasteiger partial charge on any atom is -0.444 e. The largest absolute Gasteiger partial charge is 0.444 e. The summed E-state index contributed by atoms with van der Waals surface area (Å²) in [5, 5.41) is 16.8. The standard InChI is InChI=1S/C21H30N4O4/c1-21(2,3)29-20(28)24-14-6-5-13(17(26)11-14)12-23-16-9-10-22-15-7-8-18(27)25(4)19(15)16/h7-10,13-14,17,26H,5-6,11-12H2,1-4H3,(H,22,23)(H,24,28). The van der Waals surface area contributed by atoms with Crippen LogP contribution in [0.4, 0.5) is 10.5 Å². The summed E-state index contributed by atoms with van der Waals surface area (Å²) in [6.07, 6.45) is 2.76. The number of hydrogen-bond acceptors (Lipinski definition) is 6. The first-order chi connectivity index (χ1) is 13.6. The number of amides is 1.